The van der Waals surface area contributed by atoms with Crippen LogP contribution in [0, 0.1) is 0 Å². The third kappa shape index (κ3) is 4.38. The van der Waals surface area contributed by atoms with E-state index in [9.17, 15) is 15.0 Å². The molecule has 1 aromatic rings. The molecule has 0 fully saturated rings. The molecule has 0 aliphatic carbocycles. The number of carbonyl (C=O) groups is 1. The summed E-state index contributed by atoms with van der Waals surface area (Å²) in [5.41, 5.74) is 6.31. The molecular formula is C11H17N3O3. The first-order chi connectivity index (χ1) is 8.00. The maximum Gasteiger partial charge on any atom is 0.216 e. The monoisotopic (exact) mass is 239 g/mol. The number of nitrogens with zero attached hydrogens (tertiary/aromatic N) is 1. The first kappa shape index (κ1) is 13.4. The molecule has 0 radical (unpaired) electrons. The molecule has 0 aliphatic heterocycles. The molecule has 94 valence electrons. The number of aliphatic hydroxyl groups excluding tert-OH is 2. The van der Waals surface area contributed by atoms with Gasteiger partial charge < -0.3 is 21.3 Å². The molecular weight excluding hydrogens is 222 g/mol. The van der Waals surface area contributed by atoms with E-state index in [0.717, 1.165) is 0 Å². The van der Waals surface area contributed by atoms with Gasteiger partial charge in [0.2, 0.25) is 5.91 Å². The standard InChI is InChI=1S/C11H17N3O3/c1-7(15)13-5-4-10(16)11(17)9-3-2-8(12)6-14-9/h2-3,6,10-11,16-17H,4-5,12H2,1H3,(H,13,15). The van der Waals surface area contributed by atoms with Crippen molar-refractivity contribution in [3.8, 4) is 0 Å². The summed E-state index contributed by atoms with van der Waals surface area (Å²) in [4.78, 5) is 14.5. The average Bonchev–Trinajstić information content (AvgIpc) is 2.28. The molecule has 17 heavy (non-hydrogen) atoms. The maximum absolute atomic E-state index is 10.6. The minimum atomic E-state index is -1.08. The highest BCUT2D eigenvalue weighted by Gasteiger charge is 2.19. The lowest BCUT2D eigenvalue weighted by molar-refractivity contribution is -0.119. The summed E-state index contributed by atoms with van der Waals surface area (Å²) in [5.74, 6) is -0.169. The van der Waals surface area contributed by atoms with Gasteiger partial charge in [0.1, 0.15) is 6.10 Å². The van der Waals surface area contributed by atoms with Gasteiger partial charge in [0.05, 0.1) is 23.7 Å². The number of aliphatic hydroxyl groups is 2. The molecule has 1 aromatic heterocycles. The van der Waals surface area contributed by atoms with Crippen molar-refractivity contribution in [1.29, 1.82) is 0 Å². The number of rotatable bonds is 5. The summed E-state index contributed by atoms with van der Waals surface area (Å²) in [7, 11) is 0. The molecule has 0 saturated heterocycles. The zero-order valence-electron chi connectivity index (χ0n) is 9.63. The van der Waals surface area contributed by atoms with Crippen molar-refractivity contribution in [3.05, 3.63) is 24.0 Å². The number of aromatic nitrogens is 1. The van der Waals surface area contributed by atoms with Crippen LogP contribution in [0.25, 0.3) is 0 Å². The Balaban J connectivity index is 2.48. The Morgan fingerprint density at radius 2 is 2.24 bits per heavy atom. The Labute approximate surface area is 99.5 Å². The van der Waals surface area contributed by atoms with Crippen LogP contribution in [0.3, 0.4) is 0 Å². The van der Waals surface area contributed by atoms with Gasteiger partial charge in [0.15, 0.2) is 0 Å². The third-order valence-electron chi connectivity index (χ3n) is 2.29. The van der Waals surface area contributed by atoms with Gasteiger partial charge in [-0.2, -0.15) is 0 Å². The van der Waals surface area contributed by atoms with Gasteiger partial charge in [-0.3, -0.25) is 9.78 Å². The number of nitrogens with two attached hydrogens (primary N) is 1. The summed E-state index contributed by atoms with van der Waals surface area (Å²) in [6, 6.07) is 3.16. The van der Waals surface area contributed by atoms with Gasteiger partial charge in [-0.1, -0.05) is 0 Å². The van der Waals surface area contributed by atoms with Crippen LogP contribution < -0.4 is 11.1 Å². The van der Waals surface area contributed by atoms with Crippen molar-refractivity contribution in [1.82, 2.24) is 10.3 Å². The minimum absolute atomic E-state index is 0.169. The van der Waals surface area contributed by atoms with Crippen LogP contribution in [0.1, 0.15) is 25.1 Å². The molecule has 1 amide bonds. The summed E-state index contributed by atoms with van der Waals surface area (Å²) in [5, 5.41) is 22.0. The van der Waals surface area contributed by atoms with E-state index in [1.165, 1.54) is 13.1 Å². The van der Waals surface area contributed by atoms with Crippen LogP contribution in [0.4, 0.5) is 5.69 Å². The summed E-state index contributed by atoms with van der Waals surface area (Å²) >= 11 is 0. The van der Waals surface area contributed by atoms with Gasteiger partial charge in [-0.15, -0.1) is 0 Å². The van der Waals surface area contributed by atoms with Crippen molar-refractivity contribution < 1.29 is 15.0 Å². The Morgan fingerprint density at radius 3 is 2.76 bits per heavy atom. The van der Waals surface area contributed by atoms with Gasteiger partial charge in [0, 0.05) is 13.5 Å². The molecule has 0 spiro atoms. The van der Waals surface area contributed by atoms with Crippen LogP contribution >= 0.6 is 0 Å². The predicted molar refractivity (Wildman–Crippen MR) is 62.9 cm³/mol. The molecule has 5 N–H and O–H groups in total. The van der Waals surface area contributed by atoms with Crippen molar-refractivity contribution >= 4 is 11.6 Å². The largest absolute Gasteiger partial charge is 0.397 e. The minimum Gasteiger partial charge on any atom is -0.397 e. The van der Waals surface area contributed by atoms with Crippen molar-refractivity contribution in [2.75, 3.05) is 12.3 Å². The van der Waals surface area contributed by atoms with E-state index in [1.54, 1.807) is 12.1 Å². The van der Waals surface area contributed by atoms with Gasteiger partial charge in [-0.25, -0.2) is 0 Å². The van der Waals surface area contributed by atoms with Crippen molar-refractivity contribution in [3.63, 3.8) is 0 Å². The lowest BCUT2D eigenvalue weighted by Crippen LogP contribution is -2.28. The number of anilines is 1. The highest BCUT2D eigenvalue weighted by molar-refractivity contribution is 5.72. The zero-order chi connectivity index (χ0) is 12.8. The molecule has 6 heteroatoms. The number of hydrogen-bond acceptors (Lipinski definition) is 5. The average molecular weight is 239 g/mol. The third-order valence-corrected chi connectivity index (χ3v) is 2.29. The first-order valence-corrected chi connectivity index (χ1v) is 5.32. The van der Waals surface area contributed by atoms with E-state index in [0.29, 0.717) is 17.9 Å². The number of nitrogens with one attached hydrogen (secondary N) is 1. The quantitative estimate of drug-likeness (QED) is 0.558. The Bertz CT molecular complexity index is 367. The van der Waals surface area contributed by atoms with Crippen molar-refractivity contribution in [2.45, 2.75) is 25.6 Å². The fourth-order valence-corrected chi connectivity index (χ4v) is 1.34. The molecule has 2 atom stereocenters. The van der Waals surface area contributed by atoms with E-state index >= 15 is 0 Å². The zero-order valence-corrected chi connectivity index (χ0v) is 9.63. The molecule has 0 aromatic carbocycles. The highest BCUT2D eigenvalue weighted by Crippen LogP contribution is 2.17. The van der Waals surface area contributed by atoms with Crippen LogP contribution in [-0.2, 0) is 4.79 Å². The summed E-state index contributed by atoms with van der Waals surface area (Å²) in [6.07, 6.45) is -0.381. The van der Waals surface area contributed by atoms with E-state index in [1.807, 2.05) is 0 Å². The maximum atomic E-state index is 10.6. The molecule has 6 nitrogen and oxygen atoms in total. The van der Waals surface area contributed by atoms with Crippen LogP contribution in [0.2, 0.25) is 0 Å². The molecule has 2 unspecified atom stereocenters. The van der Waals surface area contributed by atoms with E-state index in [2.05, 4.69) is 10.3 Å². The normalized spacial score (nSPS) is 14.1. The molecule has 1 rings (SSSR count). The second-order valence-electron chi connectivity index (χ2n) is 3.80. The first-order valence-electron chi connectivity index (χ1n) is 5.32. The van der Waals surface area contributed by atoms with Gasteiger partial charge in [0.25, 0.3) is 0 Å². The van der Waals surface area contributed by atoms with E-state index in [4.69, 9.17) is 5.73 Å². The summed E-state index contributed by atoms with van der Waals surface area (Å²) in [6.45, 7) is 1.70. The molecule has 0 bridgehead atoms. The lowest BCUT2D eigenvalue weighted by atomic mass is 10.1. The molecule has 0 saturated carbocycles. The smallest absolute Gasteiger partial charge is 0.216 e. The van der Waals surface area contributed by atoms with Crippen LogP contribution in [0.15, 0.2) is 18.3 Å². The van der Waals surface area contributed by atoms with E-state index < -0.39 is 12.2 Å². The number of carbonyl (C=O) groups excluding carboxylic acids is 1. The predicted octanol–water partition coefficient (Wildman–Crippen LogP) is -0.416. The number of pyridine rings is 1. The Kier molecular flexibility index (Phi) is 4.86. The Hall–Kier alpha value is -1.66. The number of hydrogen-bond donors (Lipinski definition) is 4. The highest BCUT2D eigenvalue weighted by atomic mass is 16.3. The lowest BCUT2D eigenvalue weighted by Gasteiger charge is -2.17. The Morgan fingerprint density at radius 1 is 1.53 bits per heavy atom. The van der Waals surface area contributed by atoms with Crippen molar-refractivity contribution in [2.24, 2.45) is 0 Å². The SMILES string of the molecule is CC(=O)NCCC(O)C(O)c1ccc(N)cn1. The van der Waals surface area contributed by atoms with Crippen LogP contribution in [0.5, 0.6) is 0 Å². The molecule has 1 heterocycles. The van der Waals surface area contributed by atoms with Crippen LogP contribution in [-0.4, -0.2) is 33.8 Å². The fourth-order valence-electron chi connectivity index (χ4n) is 1.34. The second kappa shape index (κ2) is 6.17. The van der Waals surface area contributed by atoms with Gasteiger partial charge >= 0.3 is 0 Å². The number of nitrogen functional groups attached to an aromatic ring is 1. The van der Waals surface area contributed by atoms with E-state index in [-0.39, 0.29) is 12.3 Å². The topological polar surface area (TPSA) is 108 Å². The van der Waals surface area contributed by atoms with Gasteiger partial charge in [-0.05, 0) is 18.6 Å². The molecule has 0 aliphatic rings. The fraction of sp³-hybridized carbons (Fsp3) is 0.455. The summed E-state index contributed by atoms with van der Waals surface area (Å²) < 4.78 is 0. The second-order valence-corrected chi connectivity index (χ2v) is 3.80. The number of amides is 1.